The summed E-state index contributed by atoms with van der Waals surface area (Å²) in [7, 11) is 0. The van der Waals surface area contributed by atoms with Crippen LogP contribution >= 0.6 is 0 Å². The van der Waals surface area contributed by atoms with Crippen LogP contribution in [0.4, 0.5) is 0 Å². The molecule has 6 rings (SSSR count). The Bertz CT molecular complexity index is 1540. The molecule has 0 saturated heterocycles. The number of benzene rings is 6. The van der Waals surface area contributed by atoms with Crippen molar-refractivity contribution in [3.63, 3.8) is 0 Å². The van der Waals surface area contributed by atoms with Gasteiger partial charge in [0.1, 0.15) is 0 Å². The van der Waals surface area contributed by atoms with Gasteiger partial charge in [-0.05, 0) is 12.3 Å². The largest absolute Gasteiger partial charge is 0.199 e. The topological polar surface area (TPSA) is 0 Å². The maximum Gasteiger partial charge on any atom is 0 e. The zero-order chi connectivity index (χ0) is 43.6. The molecule has 0 aliphatic carbocycles. The third-order valence-corrected chi connectivity index (χ3v) is 6.42. The minimum atomic E-state index is 0. The van der Waals surface area contributed by atoms with Crippen LogP contribution in [0, 0.1) is 51.8 Å². The molecule has 0 unspecified atom stereocenters. The summed E-state index contributed by atoms with van der Waals surface area (Å²) in [6, 6.07) is 57.8. The first-order valence-corrected chi connectivity index (χ1v) is 20.9. The van der Waals surface area contributed by atoms with Crippen molar-refractivity contribution in [3.8, 4) is 22.3 Å². The molecular formula is C56H78Y6-6. The quantitative estimate of drug-likeness (QED) is 0.154. The van der Waals surface area contributed by atoms with Crippen molar-refractivity contribution in [2.75, 3.05) is 0 Å². The Morgan fingerprint density at radius 1 is 0.403 bits per heavy atom. The monoisotopic (exact) mass is 1280 g/mol. The van der Waals surface area contributed by atoms with Gasteiger partial charge < -0.3 is 0 Å². The summed E-state index contributed by atoms with van der Waals surface area (Å²) < 4.78 is 0. The summed E-state index contributed by atoms with van der Waals surface area (Å²) in [5.41, 5.74) is 10.5. The van der Waals surface area contributed by atoms with E-state index < -0.39 is 0 Å². The van der Waals surface area contributed by atoms with Crippen molar-refractivity contribution in [2.24, 2.45) is 5.92 Å². The van der Waals surface area contributed by atoms with Gasteiger partial charge in [0, 0.05) is 196 Å². The summed E-state index contributed by atoms with van der Waals surface area (Å²) in [5.74, 6) is 0.735. The molecule has 0 saturated carbocycles. The molecule has 0 aromatic heterocycles. The summed E-state index contributed by atoms with van der Waals surface area (Å²) in [4.78, 5) is 0. The Balaban J connectivity index is -0.0000000658. The molecule has 0 nitrogen and oxygen atoms in total. The molecule has 6 heteroatoms. The van der Waals surface area contributed by atoms with Crippen LogP contribution in [0.3, 0.4) is 0 Å². The van der Waals surface area contributed by atoms with Gasteiger partial charge in [0.2, 0.25) is 0 Å². The predicted octanol–water partition coefficient (Wildman–Crippen LogP) is 17.7. The number of hydrogen-bond donors (Lipinski definition) is 0. The minimum absolute atomic E-state index is 0. The van der Waals surface area contributed by atoms with Crippen molar-refractivity contribution >= 4 is 0 Å². The third kappa shape index (κ3) is 49.5. The number of hydrogen-bond acceptors (Lipinski definition) is 0. The maximum absolute atomic E-state index is 3.90. The second-order valence-electron chi connectivity index (χ2n) is 11.0. The van der Waals surface area contributed by atoms with Crippen LogP contribution in [0.25, 0.3) is 22.3 Å². The van der Waals surface area contributed by atoms with Crippen LogP contribution in [0.1, 0.15) is 125 Å². The molecule has 326 valence electrons. The molecule has 0 spiro atoms. The van der Waals surface area contributed by atoms with Crippen LogP contribution in [0.2, 0.25) is 0 Å². The molecule has 6 aromatic rings. The van der Waals surface area contributed by atoms with Crippen LogP contribution in [-0.4, -0.2) is 0 Å². The fourth-order valence-electron chi connectivity index (χ4n) is 4.36. The van der Waals surface area contributed by atoms with Crippen LogP contribution in [0.5, 0.6) is 0 Å². The van der Waals surface area contributed by atoms with E-state index in [1.807, 2.05) is 168 Å². The van der Waals surface area contributed by atoms with Crippen molar-refractivity contribution in [1.82, 2.24) is 0 Å². The number of rotatable bonds is 4. The molecule has 0 amide bonds. The predicted molar refractivity (Wildman–Crippen MR) is 258 cm³/mol. The van der Waals surface area contributed by atoms with E-state index in [1.54, 1.807) is 0 Å². The summed E-state index contributed by atoms with van der Waals surface area (Å²) in [5, 5.41) is 0. The van der Waals surface area contributed by atoms with E-state index in [4.69, 9.17) is 0 Å². The van der Waals surface area contributed by atoms with Crippen LogP contribution in [-0.2, 0) is 203 Å². The van der Waals surface area contributed by atoms with Gasteiger partial charge in [-0.1, -0.05) is 122 Å². The van der Waals surface area contributed by atoms with Gasteiger partial charge >= 0.3 is 0 Å². The van der Waals surface area contributed by atoms with E-state index in [0.717, 1.165) is 29.0 Å². The average molecular weight is 1280 g/mol. The fraction of sp³-hybridized carbons (Fsp3) is 0.304. The fourth-order valence-corrected chi connectivity index (χ4v) is 4.36. The van der Waals surface area contributed by atoms with E-state index in [1.165, 1.54) is 33.4 Å². The second kappa shape index (κ2) is 66.8. The first-order chi connectivity index (χ1) is 27.3. The smallest absolute Gasteiger partial charge is 0 e. The van der Waals surface area contributed by atoms with E-state index >= 15 is 0 Å². The van der Waals surface area contributed by atoms with Crippen molar-refractivity contribution in [1.29, 1.82) is 0 Å². The molecule has 62 heavy (non-hydrogen) atoms. The van der Waals surface area contributed by atoms with Gasteiger partial charge in [0.15, 0.2) is 0 Å². The molecule has 0 heterocycles. The average Bonchev–Trinajstić information content (AvgIpc) is 3.27. The minimum Gasteiger partial charge on any atom is -0.199 e. The Labute approximate surface area is 537 Å². The van der Waals surface area contributed by atoms with E-state index in [9.17, 15) is 0 Å². The van der Waals surface area contributed by atoms with Gasteiger partial charge in [-0.3, -0.25) is 0 Å². The normalized spacial score (nSPS) is 7.55. The van der Waals surface area contributed by atoms with Crippen molar-refractivity contribution in [3.05, 3.63) is 212 Å². The Morgan fingerprint density at radius 3 is 1.02 bits per heavy atom. The van der Waals surface area contributed by atoms with Crippen LogP contribution in [0.15, 0.2) is 146 Å². The van der Waals surface area contributed by atoms with Gasteiger partial charge in [-0.15, -0.1) is 46.0 Å². The van der Waals surface area contributed by atoms with Gasteiger partial charge in [-0.2, -0.15) is 170 Å². The molecule has 0 bridgehead atoms. The molecule has 0 N–H and O–H groups in total. The van der Waals surface area contributed by atoms with Gasteiger partial charge in [0.25, 0.3) is 0 Å². The standard InChI is InChI=1S/2C13H10.C10H13.C8H9.6C2H6.6Y/c2*1-11-6-5-9-13(10-11)12-7-3-2-4-8-12;1-9(2)8-10-6-4-3-5-7-10;1-7-4-3-5-8(2)6-7;6*1-2;;;;;;/h2*2-3,5-10H,1H2;3-6,9H,8H2,1-2H3;3-6H,1H2,2H3;6*1-2H3;;;;;;/q2*-2;2*-1;;;;;;;;;;;;. The van der Waals surface area contributed by atoms with Crippen LogP contribution < -0.4 is 0 Å². The zero-order valence-electron chi connectivity index (χ0n) is 41.7. The Hall–Kier alpha value is 1.55. The van der Waals surface area contributed by atoms with Gasteiger partial charge in [0.05, 0.1) is 0 Å². The van der Waals surface area contributed by atoms with Gasteiger partial charge in [-0.25, -0.2) is 0 Å². The SMILES string of the molecule is CC.CC.CC.CC.CC.CC.CC(C)Cc1[c-]cccc1.[CH2-]c1cccc(-c2c[c-]ccc2)c1.[CH2-]c1cccc(-c2c[c-]ccc2)c1.[CH2-]c1cccc(C)c1.[Y].[Y].[Y].[Y].[Y].[Y]. The Kier molecular flexibility index (Phi) is 93.5. The Morgan fingerprint density at radius 2 is 0.758 bits per heavy atom. The van der Waals surface area contributed by atoms with E-state index in [2.05, 4.69) is 120 Å². The summed E-state index contributed by atoms with van der Waals surface area (Å²) >= 11 is 0. The number of aryl methyl sites for hydroxylation is 1. The van der Waals surface area contributed by atoms with Crippen molar-refractivity contribution < 1.29 is 196 Å². The second-order valence-corrected chi connectivity index (χ2v) is 11.0. The van der Waals surface area contributed by atoms with E-state index in [0.29, 0.717) is 0 Å². The first-order valence-electron chi connectivity index (χ1n) is 20.9. The molecule has 0 aliphatic heterocycles. The molecule has 0 fully saturated rings. The molecule has 0 atom stereocenters. The molecule has 6 radical (unpaired) electrons. The third-order valence-electron chi connectivity index (χ3n) is 6.42. The molecule has 0 aliphatic rings. The first kappa shape index (κ1) is 86.7. The summed E-state index contributed by atoms with van der Waals surface area (Å²) in [6.07, 6.45) is 1.14. The molecular weight excluding hydrogens is 1210 g/mol. The van der Waals surface area contributed by atoms with E-state index in [-0.39, 0.29) is 196 Å². The molecule has 6 aromatic carbocycles. The zero-order valence-corrected chi connectivity index (χ0v) is 58.8. The maximum atomic E-state index is 3.90. The van der Waals surface area contributed by atoms with Crippen molar-refractivity contribution in [2.45, 2.75) is 110 Å². The summed E-state index contributed by atoms with van der Waals surface area (Å²) in [6.45, 7) is 42.1.